The number of benzene rings is 1. The first-order valence-corrected chi connectivity index (χ1v) is 5.22. The first-order valence-electron chi connectivity index (χ1n) is 5.22. The lowest BCUT2D eigenvalue weighted by Gasteiger charge is -2.19. The second-order valence-corrected chi connectivity index (χ2v) is 3.79. The molecule has 5 heteroatoms. The van der Waals surface area contributed by atoms with Crippen LogP contribution in [-0.4, -0.2) is 18.9 Å². The third kappa shape index (κ3) is 2.05. The van der Waals surface area contributed by atoms with E-state index in [4.69, 9.17) is 5.73 Å². The Bertz CT molecular complexity index is 397. The summed E-state index contributed by atoms with van der Waals surface area (Å²) in [6.45, 7) is 0.890. The maximum Gasteiger partial charge on any atom is 0.138 e. The molecule has 86 valence electrons. The fraction of sp³-hybridized carbons (Fsp3) is 0.364. The van der Waals surface area contributed by atoms with Gasteiger partial charge in [0.2, 0.25) is 0 Å². The Balaban J connectivity index is 2.16. The molecule has 3 N–H and O–H groups in total. The monoisotopic (exact) mass is 223 g/mol. The molecule has 2 rings (SSSR count). The lowest BCUT2D eigenvalue weighted by atomic mass is 10.2. The average Bonchev–Trinajstić information content (AvgIpc) is 2.77. The molecule has 1 saturated heterocycles. The van der Waals surface area contributed by atoms with E-state index >= 15 is 0 Å². The van der Waals surface area contributed by atoms with Crippen molar-refractivity contribution < 1.29 is 9.18 Å². The lowest BCUT2D eigenvalue weighted by Crippen LogP contribution is -2.36. The van der Waals surface area contributed by atoms with Gasteiger partial charge in [0, 0.05) is 18.7 Å². The van der Waals surface area contributed by atoms with Crippen LogP contribution >= 0.6 is 0 Å². The Morgan fingerprint density at radius 1 is 1.62 bits per heavy atom. The fourth-order valence-electron chi connectivity index (χ4n) is 1.77. The molecule has 1 fully saturated rings. The zero-order chi connectivity index (χ0) is 11.5. The summed E-state index contributed by atoms with van der Waals surface area (Å²) in [4.78, 5) is 10.6. The SMILES string of the molecule is NCc1ccc(N2CCC(C=O)N2)cc1F. The van der Waals surface area contributed by atoms with E-state index < -0.39 is 0 Å². The van der Waals surface area contributed by atoms with E-state index in [0.717, 1.165) is 18.4 Å². The smallest absolute Gasteiger partial charge is 0.138 e. The number of nitrogens with zero attached hydrogens (tertiary/aromatic N) is 1. The third-order valence-electron chi connectivity index (χ3n) is 2.72. The minimum absolute atomic E-state index is 0.169. The topological polar surface area (TPSA) is 58.4 Å². The van der Waals surface area contributed by atoms with Gasteiger partial charge < -0.3 is 15.5 Å². The number of nitrogens with two attached hydrogens (primary N) is 1. The highest BCUT2D eigenvalue weighted by atomic mass is 19.1. The molecule has 4 nitrogen and oxygen atoms in total. The molecule has 16 heavy (non-hydrogen) atoms. The van der Waals surface area contributed by atoms with Gasteiger partial charge in [-0.05, 0) is 18.6 Å². The number of hydrazine groups is 1. The van der Waals surface area contributed by atoms with Crippen LogP contribution in [0.1, 0.15) is 12.0 Å². The number of nitrogens with one attached hydrogen (secondary N) is 1. The Morgan fingerprint density at radius 2 is 2.44 bits per heavy atom. The van der Waals surface area contributed by atoms with Gasteiger partial charge in [-0.1, -0.05) is 6.07 Å². The van der Waals surface area contributed by atoms with Gasteiger partial charge in [0.15, 0.2) is 0 Å². The van der Waals surface area contributed by atoms with Crippen LogP contribution in [0.5, 0.6) is 0 Å². The van der Waals surface area contributed by atoms with Crippen molar-refractivity contribution in [3.63, 3.8) is 0 Å². The van der Waals surface area contributed by atoms with Crippen LogP contribution < -0.4 is 16.2 Å². The van der Waals surface area contributed by atoms with E-state index in [1.807, 2.05) is 0 Å². The quantitative estimate of drug-likeness (QED) is 0.735. The molecule has 0 bridgehead atoms. The van der Waals surface area contributed by atoms with E-state index in [2.05, 4.69) is 5.43 Å². The zero-order valence-electron chi connectivity index (χ0n) is 8.82. The largest absolute Gasteiger partial charge is 0.326 e. The van der Waals surface area contributed by atoms with Crippen LogP contribution in [0, 0.1) is 5.82 Å². The number of carbonyl (C=O) groups is 1. The summed E-state index contributed by atoms with van der Waals surface area (Å²) < 4.78 is 13.5. The normalized spacial score (nSPS) is 20.1. The van der Waals surface area contributed by atoms with Crippen LogP contribution in [0.2, 0.25) is 0 Å². The molecule has 1 aromatic rings. The molecule has 0 aromatic heterocycles. The molecule has 0 radical (unpaired) electrons. The number of rotatable bonds is 3. The predicted octanol–water partition coefficient (Wildman–Crippen LogP) is 0.567. The highest BCUT2D eigenvalue weighted by Crippen LogP contribution is 2.20. The molecular formula is C11H14FN3O. The van der Waals surface area contributed by atoms with E-state index in [9.17, 15) is 9.18 Å². The number of halogens is 1. The lowest BCUT2D eigenvalue weighted by molar-refractivity contribution is -0.109. The van der Waals surface area contributed by atoms with Crippen molar-refractivity contribution in [2.45, 2.75) is 19.0 Å². The van der Waals surface area contributed by atoms with Gasteiger partial charge >= 0.3 is 0 Å². The number of aldehydes is 1. The van der Waals surface area contributed by atoms with E-state index in [1.165, 1.54) is 6.07 Å². The number of carbonyl (C=O) groups excluding carboxylic acids is 1. The molecule has 0 aliphatic carbocycles. The van der Waals surface area contributed by atoms with Crippen molar-refractivity contribution in [1.29, 1.82) is 0 Å². The first kappa shape index (κ1) is 11.0. The Morgan fingerprint density at radius 3 is 3.00 bits per heavy atom. The van der Waals surface area contributed by atoms with Crippen LogP contribution in [0.3, 0.4) is 0 Å². The first-order chi connectivity index (χ1) is 7.74. The highest BCUT2D eigenvalue weighted by molar-refractivity contribution is 5.60. The summed E-state index contributed by atoms with van der Waals surface area (Å²) in [5.41, 5.74) is 9.59. The summed E-state index contributed by atoms with van der Waals surface area (Å²) in [5, 5.41) is 1.78. The van der Waals surface area contributed by atoms with Crippen molar-refractivity contribution in [3.05, 3.63) is 29.6 Å². The second-order valence-electron chi connectivity index (χ2n) is 3.79. The zero-order valence-corrected chi connectivity index (χ0v) is 8.82. The molecule has 1 atom stereocenters. The summed E-state index contributed by atoms with van der Waals surface area (Å²) >= 11 is 0. The second kappa shape index (κ2) is 4.59. The number of anilines is 1. The van der Waals surface area contributed by atoms with Gasteiger partial charge in [0.25, 0.3) is 0 Å². The molecular weight excluding hydrogens is 209 g/mol. The number of hydrogen-bond acceptors (Lipinski definition) is 4. The Kier molecular flexibility index (Phi) is 3.17. The fourth-order valence-corrected chi connectivity index (χ4v) is 1.77. The van der Waals surface area contributed by atoms with Gasteiger partial charge in [-0.25, -0.2) is 9.82 Å². The molecule has 1 aromatic carbocycles. The van der Waals surface area contributed by atoms with Crippen LogP contribution in [0.15, 0.2) is 18.2 Å². The van der Waals surface area contributed by atoms with Gasteiger partial charge in [-0.3, -0.25) is 0 Å². The summed E-state index contributed by atoms with van der Waals surface area (Å²) in [6.07, 6.45) is 1.61. The van der Waals surface area contributed by atoms with Crippen molar-refractivity contribution in [1.82, 2.24) is 5.43 Å². The van der Waals surface area contributed by atoms with Crippen LogP contribution in [-0.2, 0) is 11.3 Å². The maximum absolute atomic E-state index is 13.5. The predicted molar refractivity (Wildman–Crippen MR) is 59.2 cm³/mol. The molecule has 1 unspecified atom stereocenters. The summed E-state index contributed by atoms with van der Waals surface area (Å²) in [5.74, 6) is -0.309. The average molecular weight is 223 g/mol. The van der Waals surface area contributed by atoms with E-state index in [0.29, 0.717) is 12.1 Å². The standard InChI is InChI=1S/C11H14FN3O/c12-11-5-10(2-1-8(11)6-13)15-4-3-9(7-16)14-15/h1-2,5,7,9,14H,3-4,6,13H2. The molecule has 0 amide bonds. The molecule has 0 saturated carbocycles. The molecule has 1 aliphatic rings. The van der Waals surface area contributed by atoms with E-state index in [-0.39, 0.29) is 18.4 Å². The van der Waals surface area contributed by atoms with E-state index in [1.54, 1.807) is 17.1 Å². The van der Waals surface area contributed by atoms with Gasteiger partial charge in [-0.2, -0.15) is 0 Å². The Hall–Kier alpha value is -1.46. The molecule has 0 spiro atoms. The minimum atomic E-state index is -0.309. The maximum atomic E-state index is 13.5. The van der Waals surface area contributed by atoms with Crippen molar-refractivity contribution in [2.24, 2.45) is 5.73 Å². The van der Waals surface area contributed by atoms with Crippen molar-refractivity contribution in [3.8, 4) is 0 Å². The van der Waals surface area contributed by atoms with Gasteiger partial charge in [-0.15, -0.1) is 0 Å². The minimum Gasteiger partial charge on any atom is -0.326 e. The van der Waals surface area contributed by atoms with Crippen LogP contribution in [0.25, 0.3) is 0 Å². The van der Waals surface area contributed by atoms with Crippen molar-refractivity contribution >= 4 is 12.0 Å². The summed E-state index contributed by atoms with van der Waals surface area (Å²) in [7, 11) is 0. The highest BCUT2D eigenvalue weighted by Gasteiger charge is 2.21. The van der Waals surface area contributed by atoms with Crippen molar-refractivity contribution in [2.75, 3.05) is 11.6 Å². The molecule has 1 aliphatic heterocycles. The summed E-state index contributed by atoms with van der Waals surface area (Å²) in [6, 6.07) is 4.73. The number of hydrogen-bond donors (Lipinski definition) is 2. The van der Waals surface area contributed by atoms with Gasteiger partial charge in [0.05, 0.1) is 11.7 Å². The van der Waals surface area contributed by atoms with Gasteiger partial charge in [0.1, 0.15) is 12.1 Å². The third-order valence-corrected chi connectivity index (χ3v) is 2.72. The molecule has 1 heterocycles. The van der Waals surface area contributed by atoms with Crippen LogP contribution in [0.4, 0.5) is 10.1 Å². The Labute approximate surface area is 93.2 Å².